The van der Waals surface area contributed by atoms with Crippen molar-refractivity contribution in [2.75, 3.05) is 6.54 Å². The summed E-state index contributed by atoms with van der Waals surface area (Å²) in [4.78, 5) is 29.6. The van der Waals surface area contributed by atoms with Gasteiger partial charge < -0.3 is 15.1 Å². The van der Waals surface area contributed by atoms with Crippen molar-refractivity contribution in [3.05, 3.63) is 96.0 Å². The maximum absolute atomic E-state index is 12.7. The van der Waals surface area contributed by atoms with E-state index in [1.54, 1.807) is 47.2 Å². The Bertz CT molecular complexity index is 1120. The van der Waals surface area contributed by atoms with E-state index in [0.29, 0.717) is 24.2 Å². The highest BCUT2D eigenvalue weighted by Crippen LogP contribution is 2.14. The number of amides is 2. The van der Waals surface area contributed by atoms with E-state index in [4.69, 9.17) is 4.42 Å². The molecule has 0 atom stereocenters. The second-order valence-electron chi connectivity index (χ2n) is 6.49. The number of hydrogen-bond donors (Lipinski definition) is 2. The van der Waals surface area contributed by atoms with Gasteiger partial charge in [0.2, 0.25) is 5.82 Å². The van der Waals surface area contributed by atoms with Crippen LogP contribution in [0.4, 0.5) is 0 Å². The Morgan fingerprint density at radius 1 is 0.931 bits per heavy atom. The summed E-state index contributed by atoms with van der Waals surface area (Å²) in [5.41, 5.74) is 1.90. The zero-order valence-electron chi connectivity index (χ0n) is 15.7. The normalized spacial score (nSPS) is 10.8. The number of furan rings is 1. The van der Waals surface area contributed by atoms with Crippen molar-refractivity contribution >= 4 is 17.3 Å². The van der Waals surface area contributed by atoms with Gasteiger partial charge in [0.1, 0.15) is 5.76 Å². The molecule has 0 radical (unpaired) electrons. The Morgan fingerprint density at radius 2 is 1.76 bits per heavy atom. The van der Waals surface area contributed by atoms with Crippen LogP contribution in [0.5, 0.6) is 0 Å². The summed E-state index contributed by atoms with van der Waals surface area (Å²) in [5.74, 6) is 0.123. The van der Waals surface area contributed by atoms with Gasteiger partial charge in [-0.3, -0.25) is 14.0 Å². The van der Waals surface area contributed by atoms with Crippen LogP contribution in [-0.4, -0.2) is 27.7 Å². The number of rotatable bonds is 7. The molecular weight excluding hydrogens is 368 g/mol. The number of benzene rings is 1. The van der Waals surface area contributed by atoms with Gasteiger partial charge in [0.25, 0.3) is 11.8 Å². The number of carbonyl (C=O) groups is 2. The molecule has 4 aromatic rings. The smallest absolute Gasteiger partial charge is 0.287 e. The van der Waals surface area contributed by atoms with E-state index in [0.717, 1.165) is 5.56 Å². The number of carbonyl (C=O) groups excluding carboxylic acids is 2. The van der Waals surface area contributed by atoms with Gasteiger partial charge >= 0.3 is 0 Å². The Morgan fingerprint density at radius 3 is 2.55 bits per heavy atom. The van der Waals surface area contributed by atoms with Gasteiger partial charge in [0.05, 0.1) is 18.3 Å². The molecule has 0 aliphatic rings. The van der Waals surface area contributed by atoms with Crippen LogP contribution in [0.25, 0.3) is 5.52 Å². The second kappa shape index (κ2) is 8.43. The Labute approximate surface area is 167 Å². The van der Waals surface area contributed by atoms with Crippen LogP contribution in [0.2, 0.25) is 0 Å². The molecule has 7 nitrogen and oxygen atoms in total. The molecule has 29 heavy (non-hydrogen) atoms. The van der Waals surface area contributed by atoms with Gasteiger partial charge in [0, 0.05) is 12.7 Å². The first-order chi connectivity index (χ1) is 14.2. The first-order valence-corrected chi connectivity index (χ1v) is 9.32. The molecule has 146 valence electrons. The van der Waals surface area contributed by atoms with Crippen LogP contribution in [0.15, 0.2) is 77.5 Å². The van der Waals surface area contributed by atoms with Crippen LogP contribution >= 0.6 is 0 Å². The van der Waals surface area contributed by atoms with Gasteiger partial charge in [-0.2, -0.15) is 0 Å². The number of pyridine rings is 1. The maximum Gasteiger partial charge on any atom is 0.287 e. The van der Waals surface area contributed by atoms with E-state index in [1.165, 1.54) is 0 Å². The lowest BCUT2D eigenvalue weighted by Gasteiger charge is -2.04. The van der Waals surface area contributed by atoms with Crippen LogP contribution in [0.3, 0.4) is 0 Å². The van der Waals surface area contributed by atoms with Gasteiger partial charge in [-0.15, -0.1) is 0 Å². The highest BCUT2D eigenvalue weighted by Gasteiger charge is 2.21. The van der Waals surface area contributed by atoms with Crippen molar-refractivity contribution in [1.29, 1.82) is 0 Å². The monoisotopic (exact) mass is 388 g/mol. The molecule has 7 heteroatoms. The summed E-state index contributed by atoms with van der Waals surface area (Å²) >= 11 is 0. The zero-order chi connectivity index (χ0) is 20.1. The summed E-state index contributed by atoms with van der Waals surface area (Å²) in [7, 11) is 0. The first-order valence-electron chi connectivity index (χ1n) is 9.32. The largest absolute Gasteiger partial charge is 0.467 e. The first kappa shape index (κ1) is 18.5. The zero-order valence-corrected chi connectivity index (χ0v) is 15.7. The summed E-state index contributed by atoms with van der Waals surface area (Å²) in [6, 6.07) is 18.8. The number of fused-ring (bicyclic) bond motifs is 1. The molecule has 0 aliphatic carbocycles. The highest BCUT2D eigenvalue weighted by atomic mass is 16.3. The molecule has 3 heterocycles. The van der Waals surface area contributed by atoms with Crippen molar-refractivity contribution < 1.29 is 14.0 Å². The quantitative estimate of drug-likeness (QED) is 0.510. The third-order valence-corrected chi connectivity index (χ3v) is 4.51. The van der Waals surface area contributed by atoms with Crippen molar-refractivity contribution in [2.45, 2.75) is 13.0 Å². The minimum absolute atomic E-state index is 0.178. The Kier molecular flexibility index (Phi) is 5.38. The molecule has 3 aromatic heterocycles. The number of hydrogen-bond acceptors (Lipinski definition) is 4. The van der Waals surface area contributed by atoms with Crippen LogP contribution in [0.1, 0.15) is 32.4 Å². The number of nitrogens with zero attached hydrogens (tertiary/aromatic N) is 2. The summed E-state index contributed by atoms with van der Waals surface area (Å²) in [5, 5.41) is 5.65. The minimum atomic E-state index is -0.367. The topological polar surface area (TPSA) is 88.6 Å². The van der Waals surface area contributed by atoms with Crippen LogP contribution in [0, 0.1) is 0 Å². The predicted molar refractivity (Wildman–Crippen MR) is 108 cm³/mol. The molecule has 1 aromatic carbocycles. The van der Waals surface area contributed by atoms with Crippen molar-refractivity contribution in [3.8, 4) is 0 Å². The lowest BCUT2D eigenvalue weighted by molar-refractivity contribution is 0.0942. The fourth-order valence-electron chi connectivity index (χ4n) is 3.07. The lowest BCUT2D eigenvalue weighted by Crippen LogP contribution is -2.28. The third kappa shape index (κ3) is 4.19. The van der Waals surface area contributed by atoms with Crippen molar-refractivity contribution in [2.24, 2.45) is 0 Å². The van der Waals surface area contributed by atoms with E-state index in [9.17, 15) is 9.59 Å². The number of nitrogens with one attached hydrogen (secondary N) is 2. The van der Waals surface area contributed by atoms with Crippen LogP contribution < -0.4 is 10.6 Å². The number of aromatic nitrogens is 2. The Balaban J connectivity index is 1.49. The molecule has 2 N–H and O–H groups in total. The standard InChI is InChI=1S/C22H20N4O3/c27-21(24-15-17-9-6-14-29-17)19-18-10-4-5-13-26(18)20(25-19)22(28)23-12-11-16-7-2-1-3-8-16/h1-10,13-14H,11-12,15H2,(H,23,28)(H,24,27). The van der Waals surface area contributed by atoms with Gasteiger partial charge in [0.15, 0.2) is 5.69 Å². The fourth-order valence-corrected chi connectivity index (χ4v) is 3.07. The lowest BCUT2D eigenvalue weighted by atomic mass is 10.1. The average molecular weight is 388 g/mol. The summed E-state index contributed by atoms with van der Waals surface area (Å²) in [6.45, 7) is 0.723. The van der Waals surface area contributed by atoms with E-state index >= 15 is 0 Å². The fraction of sp³-hybridized carbons (Fsp3) is 0.136. The minimum Gasteiger partial charge on any atom is -0.467 e. The van der Waals surface area contributed by atoms with Gasteiger partial charge in [-0.1, -0.05) is 36.4 Å². The van der Waals surface area contributed by atoms with Crippen LogP contribution in [-0.2, 0) is 13.0 Å². The summed E-state index contributed by atoms with van der Waals surface area (Å²) < 4.78 is 6.85. The number of imidazole rings is 1. The molecule has 0 unspecified atom stereocenters. The van der Waals surface area contributed by atoms with Gasteiger partial charge in [-0.25, -0.2) is 4.98 Å². The highest BCUT2D eigenvalue weighted by molar-refractivity contribution is 6.02. The van der Waals surface area contributed by atoms with E-state index in [1.807, 2.05) is 30.3 Å². The molecule has 0 saturated heterocycles. The molecule has 0 fully saturated rings. The molecule has 0 aliphatic heterocycles. The van der Waals surface area contributed by atoms with Gasteiger partial charge in [-0.05, 0) is 36.2 Å². The van der Waals surface area contributed by atoms with Crippen molar-refractivity contribution in [1.82, 2.24) is 20.0 Å². The third-order valence-electron chi connectivity index (χ3n) is 4.51. The molecule has 2 amide bonds. The second-order valence-corrected chi connectivity index (χ2v) is 6.49. The van der Waals surface area contributed by atoms with E-state index in [2.05, 4.69) is 15.6 Å². The average Bonchev–Trinajstić information content (AvgIpc) is 3.41. The SMILES string of the molecule is O=C(NCc1ccco1)c1nc(C(=O)NCCc2ccccc2)n2ccccc12. The molecule has 0 bridgehead atoms. The molecule has 0 spiro atoms. The Hall–Kier alpha value is -3.87. The van der Waals surface area contributed by atoms with Crippen molar-refractivity contribution in [3.63, 3.8) is 0 Å². The van der Waals surface area contributed by atoms with E-state index in [-0.39, 0.29) is 29.9 Å². The maximum atomic E-state index is 12.7. The molecular formula is C22H20N4O3. The molecule has 4 rings (SSSR count). The summed E-state index contributed by atoms with van der Waals surface area (Å²) in [6.07, 6.45) is 3.98. The molecule has 0 saturated carbocycles. The predicted octanol–water partition coefficient (Wildman–Crippen LogP) is 2.83. The van der Waals surface area contributed by atoms with E-state index < -0.39 is 0 Å².